The van der Waals surface area contributed by atoms with E-state index >= 15 is 0 Å². The van der Waals surface area contributed by atoms with Crippen LogP contribution in [0.1, 0.15) is 112 Å². The molecule has 4 saturated carbocycles. The topological polar surface area (TPSA) is 20.2 Å². The molecular formula is C29H50O. The van der Waals surface area contributed by atoms with Gasteiger partial charge in [-0.1, -0.05) is 39.8 Å². The molecule has 0 aromatic carbocycles. The van der Waals surface area contributed by atoms with E-state index in [1.54, 1.807) is 0 Å². The summed E-state index contributed by atoms with van der Waals surface area (Å²) in [5, 5.41) is 10.3. The van der Waals surface area contributed by atoms with Gasteiger partial charge in [-0.05, 0) is 136 Å². The first kappa shape index (κ1) is 22.9. The summed E-state index contributed by atoms with van der Waals surface area (Å²) in [6, 6.07) is 0. The van der Waals surface area contributed by atoms with Gasteiger partial charge in [-0.3, -0.25) is 0 Å². The molecule has 0 amide bonds. The molecule has 1 unspecified atom stereocenters. The SMILES string of the molecule is C=C(C)C(CC)CC[C@@H](C)[C@H]1CC[C@H]2[C@@H]3CC[C@@H]4C[C@@H](O)CC[C@]4(C)[C@H]3CC[C@]12C. The highest BCUT2D eigenvalue weighted by atomic mass is 16.3. The van der Waals surface area contributed by atoms with E-state index in [2.05, 4.69) is 41.2 Å². The van der Waals surface area contributed by atoms with Crippen LogP contribution >= 0.6 is 0 Å². The van der Waals surface area contributed by atoms with Gasteiger partial charge in [0.15, 0.2) is 0 Å². The molecule has 30 heavy (non-hydrogen) atoms. The fraction of sp³-hybridized carbons (Fsp3) is 0.931. The van der Waals surface area contributed by atoms with Crippen molar-refractivity contribution in [2.24, 2.45) is 52.3 Å². The lowest BCUT2D eigenvalue weighted by Gasteiger charge is -2.61. The van der Waals surface area contributed by atoms with Crippen molar-refractivity contribution >= 4 is 0 Å². The quantitative estimate of drug-likeness (QED) is 0.436. The zero-order valence-corrected chi connectivity index (χ0v) is 20.8. The van der Waals surface area contributed by atoms with Gasteiger partial charge >= 0.3 is 0 Å². The van der Waals surface area contributed by atoms with Gasteiger partial charge < -0.3 is 5.11 Å². The van der Waals surface area contributed by atoms with Crippen molar-refractivity contribution in [3.63, 3.8) is 0 Å². The standard InChI is InChI=1S/C29H50O/c1-7-21(19(2)3)9-8-20(4)25-12-13-26-24-11-10-22-18-23(30)14-16-28(22,5)27(24)15-17-29(25,26)6/h20-27,30H,2,7-18H2,1,3-6H3/t20-,21?,22-,23+,24+,25-,26+,27+,28+,29-/m1/s1. The van der Waals surface area contributed by atoms with E-state index in [1.807, 2.05) is 0 Å². The third-order valence-corrected chi connectivity index (χ3v) is 11.6. The first-order chi connectivity index (χ1) is 14.2. The van der Waals surface area contributed by atoms with Gasteiger partial charge in [0.1, 0.15) is 0 Å². The second-order valence-electron chi connectivity index (χ2n) is 12.8. The minimum absolute atomic E-state index is 0.0173. The highest BCUT2D eigenvalue weighted by molar-refractivity contribution is 5.09. The fourth-order valence-electron chi connectivity index (χ4n) is 9.67. The molecule has 4 aliphatic carbocycles. The molecule has 0 aromatic rings. The van der Waals surface area contributed by atoms with Gasteiger partial charge in [-0.2, -0.15) is 0 Å². The minimum atomic E-state index is -0.0173. The molecule has 0 aliphatic heterocycles. The molecule has 0 saturated heterocycles. The number of aliphatic hydroxyl groups is 1. The van der Waals surface area contributed by atoms with Gasteiger partial charge in [0.25, 0.3) is 0 Å². The second-order valence-corrected chi connectivity index (χ2v) is 12.8. The normalized spacial score (nSPS) is 47.7. The predicted molar refractivity (Wildman–Crippen MR) is 128 cm³/mol. The van der Waals surface area contributed by atoms with Gasteiger partial charge in [0.05, 0.1) is 6.10 Å². The molecule has 0 radical (unpaired) electrons. The molecule has 172 valence electrons. The van der Waals surface area contributed by atoms with E-state index in [-0.39, 0.29) is 6.10 Å². The van der Waals surface area contributed by atoms with E-state index in [1.165, 1.54) is 69.8 Å². The van der Waals surface area contributed by atoms with E-state index < -0.39 is 0 Å². The minimum Gasteiger partial charge on any atom is -0.393 e. The molecule has 10 atom stereocenters. The Morgan fingerprint density at radius 3 is 2.37 bits per heavy atom. The van der Waals surface area contributed by atoms with Crippen LogP contribution in [-0.2, 0) is 0 Å². The lowest BCUT2D eigenvalue weighted by Crippen LogP contribution is -2.54. The van der Waals surface area contributed by atoms with Crippen LogP contribution in [0, 0.1) is 52.3 Å². The number of fused-ring (bicyclic) bond motifs is 5. The number of allylic oxidation sites excluding steroid dienone is 1. The van der Waals surface area contributed by atoms with Crippen LogP contribution in [0.5, 0.6) is 0 Å². The molecular weight excluding hydrogens is 364 g/mol. The Morgan fingerprint density at radius 1 is 0.967 bits per heavy atom. The molecule has 0 spiro atoms. The van der Waals surface area contributed by atoms with Crippen LogP contribution in [0.4, 0.5) is 0 Å². The van der Waals surface area contributed by atoms with Crippen molar-refractivity contribution in [3.8, 4) is 0 Å². The Labute approximate surface area is 187 Å². The van der Waals surface area contributed by atoms with E-state index in [4.69, 9.17) is 0 Å². The second kappa shape index (κ2) is 8.57. The average Bonchev–Trinajstić information content (AvgIpc) is 3.06. The Morgan fingerprint density at radius 2 is 1.67 bits per heavy atom. The Bertz CT molecular complexity index is 624. The maximum atomic E-state index is 10.3. The van der Waals surface area contributed by atoms with Crippen LogP contribution < -0.4 is 0 Å². The summed E-state index contributed by atoms with van der Waals surface area (Å²) in [5.74, 6) is 6.18. The van der Waals surface area contributed by atoms with E-state index in [0.29, 0.717) is 10.8 Å². The number of hydrogen-bond acceptors (Lipinski definition) is 1. The van der Waals surface area contributed by atoms with Crippen molar-refractivity contribution < 1.29 is 5.11 Å². The van der Waals surface area contributed by atoms with Gasteiger partial charge in [-0.15, -0.1) is 0 Å². The summed E-state index contributed by atoms with van der Waals surface area (Å²) in [4.78, 5) is 0. The van der Waals surface area contributed by atoms with Crippen LogP contribution in [0.25, 0.3) is 0 Å². The average molecular weight is 415 g/mol. The summed E-state index contributed by atoms with van der Waals surface area (Å²) in [7, 11) is 0. The number of hydrogen-bond donors (Lipinski definition) is 1. The Hall–Kier alpha value is -0.300. The van der Waals surface area contributed by atoms with Gasteiger partial charge in [0, 0.05) is 0 Å². The maximum Gasteiger partial charge on any atom is 0.0543 e. The third kappa shape index (κ3) is 3.74. The molecule has 0 heterocycles. The van der Waals surface area contributed by atoms with Crippen LogP contribution in [-0.4, -0.2) is 11.2 Å². The van der Waals surface area contributed by atoms with Crippen molar-refractivity contribution in [1.29, 1.82) is 0 Å². The highest BCUT2D eigenvalue weighted by Crippen LogP contribution is 2.68. The zero-order chi connectivity index (χ0) is 21.7. The van der Waals surface area contributed by atoms with E-state index in [9.17, 15) is 5.11 Å². The van der Waals surface area contributed by atoms with Crippen molar-refractivity contribution in [3.05, 3.63) is 12.2 Å². The molecule has 4 fully saturated rings. The molecule has 4 aliphatic rings. The van der Waals surface area contributed by atoms with Crippen LogP contribution in [0.2, 0.25) is 0 Å². The molecule has 1 N–H and O–H groups in total. The Balaban J connectivity index is 1.45. The van der Waals surface area contributed by atoms with Crippen molar-refractivity contribution in [2.45, 2.75) is 118 Å². The first-order valence-corrected chi connectivity index (χ1v) is 13.5. The summed E-state index contributed by atoms with van der Waals surface area (Å²) >= 11 is 0. The number of aliphatic hydroxyl groups excluding tert-OH is 1. The van der Waals surface area contributed by atoms with E-state index in [0.717, 1.165) is 54.3 Å². The molecule has 1 heteroatoms. The highest BCUT2D eigenvalue weighted by Gasteiger charge is 2.60. The van der Waals surface area contributed by atoms with Crippen LogP contribution in [0.15, 0.2) is 12.2 Å². The van der Waals surface area contributed by atoms with Gasteiger partial charge in [0.2, 0.25) is 0 Å². The maximum absolute atomic E-state index is 10.3. The lowest BCUT2D eigenvalue weighted by atomic mass is 9.44. The monoisotopic (exact) mass is 414 g/mol. The summed E-state index contributed by atoms with van der Waals surface area (Å²) in [6.45, 7) is 16.7. The molecule has 4 rings (SSSR count). The largest absolute Gasteiger partial charge is 0.393 e. The summed E-state index contributed by atoms with van der Waals surface area (Å²) in [5.41, 5.74) is 2.50. The fourth-order valence-corrected chi connectivity index (χ4v) is 9.67. The molecule has 1 nitrogen and oxygen atoms in total. The lowest BCUT2D eigenvalue weighted by molar-refractivity contribution is -0.129. The third-order valence-electron chi connectivity index (χ3n) is 11.6. The zero-order valence-electron chi connectivity index (χ0n) is 20.8. The van der Waals surface area contributed by atoms with Crippen LogP contribution in [0.3, 0.4) is 0 Å². The molecule has 0 aromatic heterocycles. The smallest absolute Gasteiger partial charge is 0.0543 e. The van der Waals surface area contributed by atoms with Crippen molar-refractivity contribution in [2.75, 3.05) is 0 Å². The number of rotatable bonds is 6. The predicted octanol–water partition coefficient (Wildman–Crippen LogP) is 8.02. The Kier molecular flexibility index (Phi) is 6.53. The van der Waals surface area contributed by atoms with Gasteiger partial charge in [-0.25, -0.2) is 0 Å². The summed E-state index contributed by atoms with van der Waals surface area (Å²) in [6.07, 6.45) is 16.1. The molecule has 0 bridgehead atoms. The van der Waals surface area contributed by atoms with Crippen molar-refractivity contribution in [1.82, 2.24) is 0 Å². The first-order valence-electron chi connectivity index (χ1n) is 13.5. The summed E-state index contributed by atoms with van der Waals surface area (Å²) < 4.78 is 0.